The highest BCUT2D eigenvalue weighted by atomic mass is 35.5. The molecule has 2 saturated heterocycles. The third-order valence-electron chi connectivity index (χ3n) is 6.61. The van der Waals surface area contributed by atoms with Crippen LogP contribution in [0, 0.1) is 0 Å². The second kappa shape index (κ2) is 8.74. The summed E-state index contributed by atoms with van der Waals surface area (Å²) in [6.07, 6.45) is 0.183. The molecule has 3 aliphatic rings. The lowest BCUT2D eigenvalue weighted by Crippen LogP contribution is -2.56. The number of halogens is 1. The molecule has 2 fully saturated rings. The number of benzene rings is 1. The van der Waals surface area contributed by atoms with E-state index in [1.807, 2.05) is 29.6 Å². The standard InChI is InChI=1S/C23H22ClN7O3S/c24-22-25-17-4-10-35-19(17)20(27-22)29-8-6-28(7-9-29)12-14-1-2-16-15(11-14)13-31(21(16)33)30-5-3-18(32)26-23(30)34/h1-2,4,10-11H,3,5-9,12-13H2,(H,26,32,34). The first kappa shape index (κ1) is 22.2. The summed E-state index contributed by atoms with van der Waals surface area (Å²) in [4.78, 5) is 50.0. The number of hydrazine groups is 1. The fraction of sp³-hybridized carbons (Fsp3) is 0.348. The van der Waals surface area contributed by atoms with Crippen LogP contribution in [0.5, 0.6) is 0 Å². The zero-order valence-electron chi connectivity index (χ0n) is 18.7. The van der Waals surface area contributed by atoms with Crippen molar-refractivity contribution in [3.63, 3.8) is 0 Å². The molecule has 0 unspecified atom stereocenters. The molecule has 1 N–H and O–H groups in total. The Morgan fingerprint density at radius 1 is 1.00 bits per heavy atom. The Hall–Kier alpha value is -3.28. The molecular formula is C23H22ClN7O3S. The van der Waals surface area contributed by atoms with E-state index in [4.69, 9.17) is 11.6 Å². The van der Waals surface area contributed by atoms with Gasteiger partial charge in [0.05, 0.1) is 23.3 Å². The second-order valence-electron chi connectivity index (χ2n) is 8.80. The van der Waals surface area contributed by atoms with Gasteiger partial charge >= 0.3 is 6.03 Å². The average molecular weight is 512 g/mol. The van der Waals surface area contributed by atoms with Crippen LogP contribution in [0.1, 0.15) is 27.9 Å². The average Bonchev–Trinajstić information content (AvgIpc) is 3.43. The smallest absolute Gasteiger partial charge is 0.342 e. The van der Waals surface area contributed by atoms with Gasteiger partial charge in [0.15, 0.2) is 5.82 Å². The first-order valence-corrected chi connectivity index (χ1v) is 12.6. The molecule has 0 radical (unpaired) electrons. The Bertz CT molecular complexity index is 1350. The maximum atomic E-state index is 12.9. The summed E-state index contributed by atoms with van der Waals surface area (Å²) >= 11 is 7.77. The van der Waals surface area contributed by atoms with Crippen molar-refractivity contribution in [3.05, 3.63) is 51.6 Å². The number of nitrogens with zero attached hydrogens (tertiary/aromatic N) is 6. The van der Waals surface area contributed by atoms with Crippen LogP contribution in [0.25, 0.3) is 10.2 Å². The summed E-state index contributed by atoms with van der Waals surface area (Å²) in [7, 11) is 0. The zero-order chi connectivity index (χ0) is 24.1. The SMILES string of the molecule is O=C1CCN(N2Cc3cc(CN4CCN(c5nc(Cl)nc6ccsc56)CC4)ccc3C2=O)C(=O)N1. The highest BCUT2D eigenvalue weighted by Crippen LogP contribution is 2.31. The highest BCUT2D eigenvalue weighted by Gasteiger charge is 2.37. The summed E-state index contributed by atoms with van der Waals surface area (Å²) in [5, 5.41) is 7.30. The minimum Gasteiger partial charge on any atom is -0.353 e. The monoisotopic (exact) mass is 511 g/mol. The predicted molar refractivity (Wildman–Crippen MR) is 131 cm³/mol. The third-order valence-corrected chi connectivity index (χ3v) is 7.68. The van der Waals surface area contributed by atoms with E-state index in [1.54, 1.807) is 11.3 Å². The van der Waals surface area contributed by atoms with Crippen LogP contribution in [0.2, 0.25) is 5.28 Å². The van der Waals surface area contributed by atoms with Crippen molar-refractivity contribution in [2.75, 3.05) is 37.6 Å². The quantitative estimate of drug-likeness (QED) is 0.537. The number of amides is 4. The van der Waals surface area contributed by atoms with E-state index >= 15 is 0 Å². The number of piperazine rings is 1. The maximum absolute atomic E-state index is 12.9. The van der Waals surface area contributed by atoms with Crippen molar-refractivity contribution in [3.8, 4) is 0 Å². The molecule has 6 rings (SSSR count). The molecule has 1 aromatic carbocycles. The molecule has 0 spiro atoms. The van der Waals surface area contributed by atoms with E-state index in [2.05, 4.69) is 25.1 Å². The van der Waals surface area contributed by atoms with Crippen LogP contribution in [-0.2, 0) is 17.9 Å². The lowest BCUT2D eigenvalue weighted by molar-refractivity contribution is -0.123. The summed E-state index contributed by atoms with van der Waals surface area (Å²) in [6.45, 7) is 4.71. The summed E-state index contributed by atoms with van der Waals surface area (Å²) in [5.74, 6) is 0.364. The molecule has 10 nitrogen and oxygen atoms in total. The number of hydrogen-bond acceptors (Lipinski definition) is 8. The number of rotatable bonds is 4. The number of urea groups is 1. The molecule has 180 valence electrons. The highest BCUT2D eigenvalue weighted by molar-refractivity contribution is 7.17. The van der Waals surface area contributed by atoms with Gasteiger partial charge in [-0.3, -0.25) is 19.8 Å². The second-order valence-corrected chi connectivity index (χ2v) is 10.0. The normalized spacial score (nSPS) is 19.0. The van der Waals surface area contributed by atoms with Gasteiger partial charge in [0.1, 0.15) is 0 Å². The number of fused-ring (bicyclic) bond motifs is 2. The Morgan fingerprint density at radius 2 is 1.83 bits per heavy atom. The van der Waals surface area contributed by atoms with Crippen molar-refractivity contribution in [1.29, 1.82) is 0 Å². The molecule has 0 atom stereocenters. The topological polar surface area (TPSA) is 102 Å². The Balaban J connectivity index is 1.11. The molecule has 4 amide bonds. The first-order valence-electron chi connectivity index (χ1n) is 11.4. The molecule has 3 aromatic rings. The summed E-state index contributed by atoms with van der Waals surface area (Å²) in [6, 6.07) is 7.28. The molecule has 0 saturated carbocycles. The Kier molecular flexibility index (Phi) is 5.54. The molecule has 5 heterocycles. The lowest BCUT2D eigenvalue weighted by Gasteiger charge is -2.35. The first-order chi connectivity index (χ1) is 17.0. The van der Waals surface area contributed by atoms with Gasteiger partial charge in [0.25, 0.3) is 5.91 Å². The van der Waals surface area contributed by atoms with E-state index < -0.39 is 6.03 Å². The van der Waals surface area contributed by atoms with Gasteiger partial charge in [0.2, 0.25) is 11.2 Å². The van der Waals surface area contributed by atoms with Crippen molar-refractivity contribution < 1.29 is 14.4 Å². The van der Waals surface area contributed by atoms with Crippen LogP contribution in [0.15, 0.2) is 29.6 Å². The van der Waals surface area contributed by atoms with Gasteiger partial charge in [0, 0.05) is 44.7 Å². The van der Waals surface area contributed by atoms with E-state index in [-0.39, 0.29) is 30.1 Å². The molecular weight excluding hydrogens is 490 g/mol. The third kappa shape index (κ3) is 4.09. The molecule has 35 heavy (non-hydrogen) atoms. The summed E-state index contributed by atoms with van der Waals surface area (Å²) in [5.41, 5.74) is 3.49. The number of hydrogen-bond donors (Lipinski definition) is 1. The van der Waals surface area contributed by atoms with Gasteiger partial charge in [-0.15, -0.1) is 11.3 Å². The van der Waals surface area contributed by atoms with Gasteiger partial charge in [-0.25, -0.2) is 19.8 Å². The van der Waals surface area contributed by atoms with Crippen molar-refractivity contribution in [2.24, 2.45) is 0 Å². The van der Waals surface area contributed by atoms with Crippen LogP contribution >= 0.6 is 22.9 Å². The van der Waals surface area contributed by atoms with Crippen LogP contribution in [-0.4, -0.2) is 75.5 Å². The predicted octanol–water partition coefficient (Wildman–Crippen LogP) is 2.48. The number of thiophene rings is 1. The molecule has 12 heteroatoms. The molecule has 3 aliphatic heterocycles. The number of carbonyl (C=O) groups is 3. The number of nitrogens with one attached hydrogen (secondary N) is 1. The van der Waals surface area contributed by atoms with Crippen molar-refractivity contribution in [2.45, 2.75) is 19.5 Å². The van der Waals surface area contributed by atoms with Crippen LogP contribution in [0.4, 0.5) is 10.6 Å². The zero-order valence-corrected chi connectivity index (χ0v) is 20.3. The number of carbonyl (C=O) groups excluding carboxylic acids is 3. The number of imide groups is 1. The largest absolute Gasteiger partial charge is 0.353 e. The minimum atomic E-state index is -0.551. The molecule has 0 bridgehead atoms. The van der Waals surface area contributed by atoms with Crippen LogP contribution in [0.3, 0.4) is 0 Å². The van der Waals surface area contributed by atoms with E-state index in [9.17, 15) is 14.4 Å². The van der Waals surface area contributed by atoms with Gasteiger partial charge < -0.3 is 4.90 Å². The molecule has 0 aliphatic carbocycles. The minimum absolute atomic E-state index is 0.183. The lowest BCUT2D eigenvalue weighted by atomic mass is 10.1. The van der Waals surface area contributed by atoms with Gasteiger partial charge in [-0.1, -0.05) is 12.1 Å². The van der Waals surface area contributed by atoms with Crippen molar-refractivity contribution >= 4 is 56.8 Å². The van der Waals surface area contributed by atoms with Crippen molar-refractivity contribution in [1.82, 2.24) is 30.2 Å². The Labute approximate surface area is 210 Å². The number of aromatic nitrogens is 2. The summed E-state index contributed by atoms with van der Waals surface area (Å²) < 4.78 is 1.06. The molecule has 2 aromatic heterocycles. The Morgan fingerprint density at radius 3 is 2.63 bits per heavy atom. The van der Waals surface area contributed by atoms with E-state index in [1.165, 1.54) is 10.0 Å². The van der Waals surface area contributed by atoms with Crippen LogP contribution < -0.4 is 10.2 Å². The fourth-order valence-corrected chi connectivity index (χ4v) is 5.87. The van der Waals surface area contributed by atoms with E-state index in [0.29, 0.717) is 12.1 Å². The van der Waals surface area contributed by atoms with Gasteiger partial charge in [-0.05, 0) is 40.2 Å². The number of anilines is 1. The van der Waals surface area contributed by atoms with Gasteiger partial charge in [-0.2, -0.15) is 4.98 Å². The maximum Gasteiger partial charge on any atom is 0.342 e. The van der Waals surface area contributed by atoms with E-state index in [0.717, 1.165) is 59.9 Å². The fourth-order valence-electron chi connectivity index (χ4n) is 4.85.